The number of ether oxygens (including phenoxy) is 1. The van der Waals surface area contributed by atoms with E-state index in [9.17, 15) is 14.4 Å². The number of anilines is 2. The van der Waals surface area contributed by atoms with Crippen LogP contribution in [0.25, 0.3) is 0 Å². The van der Waals surface area contributed by atoms with Gasteiger partial charge >= 0.3 is 0 Å². The lowest BCUT2D eigenvalue weighted by atomic mass is 9.95. The van der Waals surface area contributed by atoms with Crippen LogP contribution in [0.2, 0.25) is 0 Å². The van der Waals surface area contributed by atoms with E-state index in [1.54, 1.807) is 7.11 Å². The van der Waals surface area contributed by atoms with Gasteiger partial charge in [0.25, 0.3) is 5.91 Å². The van der Waals surface area contributed by atoms with Crippen LogP contribution in [0.15, 0.2) is 29.2 Å². The van der Waals surface area contributed by atoms with Crippen LogP contribution in [-0.2, 0) is 27.2 Å². The number of thioether (sulfide) groups is 1. The third-order valence-corrected chi connectivity index (χ3v) is 7.83. The number of thiophene rings is 1. The topological polar surface area (TPSA) is 87.7 Å². The van der Waals surface area contributed by atoms with Gasteiger partial charge in [0.05, 0.1) is 17.0 Å². The smallest absolute Gasteiger partial charge is 0.254 e. The standard InChI is InChI=1S/C23H27N3O4S2/c1-30-12-6-11-24-22(29)21-15-7-2-4-9-17(15)32-23(21)25-19(27)13-26-16-8-3-5-10-18(16)31-14-20(26)28/h3,5,8,10H,2,4,6-7,9,11-14H2,1H3,(H,24,29)(H,25,27). The Kier molecular flexibility index (Phi) is 7.49. The molecule has 2 N–H and O–H groups in total. The van der Waals surface area contributed by atoms with Gasteiger partial charge in [0.15, 0.2) is 0 Å². The third-order valence-electron chi connectivity index (χ3n) is 5.57. The number of para-hydroxylation sites is 1. The van der Waals surface area contributed by atoms with E-state index in [1.165, 1.54) is 32.9 Å². The second-order valence-electron chi connectivity index (χ2n) is 7.80. The first-order chi connectivity index (χ1) is 15.6. The number of aryl methyl sites for hydroxylation is 1. The van der Waals surface area contributed by atoms with Crippen molar-refractivity contribution in [2.45, 2.75) is 37.0 Å². The minimum atomic E-state index is -0.299. The average molecular weight is 474 g/mol. The first-order valence-corrected chi connectivity index (χ1v) is 12.6. The molecule has 0 saturated carbocycles. The highest BCUT2D eigenvalue weighted by Gasteiger charge is 2.29. The fourth-order valence-electron chi connectivity index (χ4n) is 4.04. The number of nitrogens with one attached hydrogen (secondary N) is 2. The van der Waals surface area contributed by atoms with Crippen LogP contribution in [0.4, 0.5) is 10.7 Å². The van der Waals surface area contributed by atoms with Crippen molar-refractivity contribution >= 4 is 51.5 Å². The van der Waals surface area contributed by atoms with Gasteiger partial charge in [0.1, 0.15) is 11.5 Å². The van der Waals surface area contributed by atoms with Crippen LogP contribution in [0, 0.1) is 0 Å². The Morgan fingerprint density at radius 2 is 2.00 bits per heavy atom. The van der Waals surface area contributed by atoms with Crippen molar-refractivity contribution in [1.29, 1.82) is 0 Å². The summed E-state index contributed by atoms with van der Waals surface area (Å²) in [5.41, 5.74) is 2.39. The Morgan fingerprint density at radius 3 is 2.84 bits per heavy atom. The number of rotatable bonds is 8. The van der Waals surface area contributed by atoms with E-state index < -0.39 is 0 Å². The lowest BCUT2D eigenvalue weighted by Gasteiger charge is -2.28. The molecule has 0 bridgehead atoms. The number of hydrogen-bond donors (Lipinski definition) is 2. The molecule has 4 rings (SSSR count). The van der Waals surface area contributed by atoms with Crippen molar-refractivity contribution in [3.8, 4) is 0 Å². The highest BCUT2D eigenvalue weighted by molar-refractivity contribution is 8.00. The van der Waals surface area contributed by atoms with E-state index in [0.717, 1.165) is 48.3 Å². The largest absolute Gasteiger partial charge is 0.385 e. The summed E-state index contributed by atoms with van der Waals surface area (Å²) in [4.78, 5) is 42.1. The maximum Gasteiger partial charge on any atom is 0.254 e. The molecule has 0 atom stereocenters. The summed E-state index contributed by atoms with van der Waals surface area (Å²) in [6, 6.07) is 7.60. The minimum Gasteiger partial charge on any atom is -0.385 e. The molecule has 1 aliphatic carbocycles. The van der Waals surface area contributed by atoms with E-state index in [0.29, 0.717) is 29.5 Å². The normalized spacial score (nSPS) is 15.2. The van der Waals surface area contributed by atoms with Crippen molar-refractivity contribution in [3.63, 3.8) is 0 Å². The third kappa shape index (κ3) is 5.00. The van der Waals surface area contributed by atoms with E-state index in [2.05, 4.69) is 10.6 Å². The maximum atomic E-state index is 13.0. The molecule has 0 fully saturated rings. The number of carbonyl (C=O) groups excluding carboxylic acids is 3. The van der Waals surface area contributed by atoms with Crippen molar-refractivity contribution in [2.24, 2.45) is 0 Å². The van der Waals surface area contributed by atoms with E-state index in [4.69, 9.17) is 4.74 Å². The number of nitrogens with zero attached hydrogens (tertiary/aromatic N) is 1. The monoisotopic (exact) mass is 473 g/mol. The molecule has 1 aliphatic heterocycles. The molecule has 0 saturated heterocycles. The zero-order valence-corrected chi connectivity index (χ0v) is 19.7. The molecule has 170 valence electrons. The van der Waals surface area contributed by atoms with Gasteiger partial charge in [-0.2, -0.15) is 0 Å². The average Bonchev–Trinajstić information content (AvgIpc) is 3.16. The molecule has 2 aromatic rings. The number of benzene rings is 1. The Balaban J connectivity index is 1.51. The van der Waals surface area contributed by atoms with Crippen LogP contribution < -0.4 is 15.5 Å². The zero-order valence-electron chi connectivity index (χ0n) is 18.1. The summed E-state index contributed by atoms with van der Waals surface area (Å²) in [7, 11) is 1.63. The summed E-state index contributed by atoms with van der Waals surface area (Å²) >= 11 is 2.97. The molecule has 3 amide bonds. The summed E-state index contributed by atoms with van der Waals surface area (Å²) in [6.07, 6.45) is 4.63. The van der Waals surface area contributed by atoms with Crippen molar-refractivity contribution in [2.75, 3.05) is 42.8 Å². The molecule has 2 aliphatic rings. The summed E-state index contributed by atoms with van der Waals surface area (Å²) < 4.78 is 5.05. The molecule has 1 aromatic carbocycles. The van der Waals surface area contributed by atoms with E-state index in [-0.39, 0.29) is 24.3 Å². The Bertz CT molecular complexity index is 1020. The van der Waals surface area contributed by atoms with Gasteiger partial charge < -0.3 is 20.3 Å². The molecule has 9 heteroatoms. The van der Waals surface area contributed by atoms with Crippen molar-refractivity contribution < 1.29 is 19.1 Å². The van der Waals surface area contributed by atoms with Crippen LogP contribution in [0.3, 0.4) is 0 Å². The van der Waals surface area contributed by atoms with Crippen LogP contribution in [-0.4, -0.2) is 50.3 Å². The molecular weight excluding hydrogens is 446 g/mol. The maximum absolute atomic E-state index is 13.0. The molecule has 2 heterocycles. The van der Waals surface area contributed by atoms with Gasteiger partial charge in [-0.15, -0.1) is 23.1 Å². The van der Waals surface area contributed by atoms with Crippen molar-refractivity contribution in [1.82, 2.24) is 5.32 Å². The molecule has 7 nitrogen and oxygen atoms in total. The molecule has 32 heavy (non-hydrogen) atoms. The summed E-state index contributed by atoms with van der Waals surface area (Å²) in [5, 5.41) is 6.48. The molecule has 0 spiro atoms. The van der Waals surface area contributed by atoms with Crippen LogP contribution >= 0.6 is 23.1 Å². The van der Waals surface area contributed by atoms with Gasteiger partial charge in [-0.25, -0.2) is 0 Å². The van der Waals surface area contributed by atoms with Gasteiger partial charge in [-0.05, 0) is 49.8 Å². The zero-order chi connectivity index (χ0) is 22.5. The first-order valence-electron chi connectivity index (χ1n) is 10.8. The summed E-state index contributed by atoms with van der Waals surface area (Å²) in [6.45, 7) is 1.02. The highest BCUT2D eigenvalue weighted by Crippen LogP contribution is 2.39. The number of fused-ring (bicyclic) bond motifs is 2. The molecule has 0 unspecified atom stereocenters. The second-order valence-corrected chi connectivity index (χ2v) is 9.92. The van der Waals surface area contributed by atoms with Gasteiger partial charge in [-0.1, -0.05) is 12.1 Å². The SMILES string of the molecule is COCCCNC(=O)c1c(NC(=O)CN2C(=O)CSc3ccccc32)sc2c1CCCC2. The summed E-state index contributed by atoms with van der Waals surface area (Å²) in [5.74, 6) is -0.240. The number of methoxy groups -OCH3 is 1. The number of carbonyl (C=O) groups is 3. The first kappa shape index (κ1) is 22.8. The Hall–Kier alpha value is -2.36. The molecule has 0 radical (unpaired) electrons. The number of hydrogen-bond acceptors (Lipinski definition) is 6. The van der Waals surface area contributed by atoms with Crippen LogP contribution in [0.5, 0.6) is 0 Å². The fraction of sp³-hybridized carbons (Fsp3) is 0.435. The van der Waals surface area contributed by atoms with E-state index >= 15 is 0 Å². The molecule has 1 aromatic heterocycles. The lowest BCUT2D eigenvalue weighted by molar-refractivity contribution is -0.120. The quantitative estimate of drug-likeness (QED) is 0.573. The predicted molar refractivity (Wildman–Crippen MR) is 128 cm³/mol. The van der Waals surface area contributed by atoms with E-state index in [1.807, 2.05) is 24.3 Å². The van der Waals surface area contributed by atoms with Gasteiger partial charge in [0.2, 0.25) is 11.8 Å². The van der Waals surface area contributed by atoms with Crippen molar-refractivity contribution in [3.05, 3.63) is 40.3 Å². The van der Waals surface area contributed by atoms with Crippen LogP contribution in [0.1, 0.15) is 40.1 Å². The Morgan fingerprint density at radius 1 is 1.19 bits per heavy atom. The van der Waals surface area contributed by atoms with Gasteiger partial charge in [-0.3, -0.25) is 14.4 Å². The highest BCUT2D eigenvalue weighted by atomic mass is 32.2. The van der Waals surface area contributed by atoms with Gasteiger partial charge in [0, 0.05) is 30.0 Å². The second kappa shape index (κ2) is 10.5. The minimum absolute atomic E-state index is 0.0755. The number of amides is 3. The Labute approximate surface area is 195 Å². The lowest BCUT2D eigenvalue weighted by Crippen LogP contribution is -2.41. The predicted octanol–water partition coefficient (Wildman–Crippen LogP) is 3.47. The fourth-order valence-corrected chi connectivity index (χ4v) is 6.28. The molecular formula is C23H27N3O4S2.